The molecule has 0 saturated carbocycles. The van der Waals surface area contributed by atoms with Crippen LogP contribution in [0, 0.1) is 0 Å². The van der Waals surface area contributed by atoms with Crippen LogP contribution in [0.1, 0.15) is 51.0 Å². The summed E-state index contributed by atoms with van der Waals surface area (Å²) in [4.78, 5) is 0. The molecule has 1 aromatic carbocycles. The topological polar surface area (TPSA) is 0 Å². The zero-order valence-electron chi connectivity index (χ0n) is 11.6. The molecule has 108 valence electrons. The molecule has 1 rings (SSSR count). The second kappa shape index (κ2) is 9.41. The van der Waals surface area contributed by atoms with Crippen LogP contribution in [0.3, 0.4) is 0 Å². The van der Waals surface area contributed by atoms with Crippen molar-refractivity contribution in [2.75, 3.05) is 10.7 Å². The number of rotatable bonds is 9. The van der Waals surface area contributed by atoms with Crippen molar-refractivity contribution in [3.8, 4) is 0 Å². The Hall–Kier alpha value is 0.470. The highest BCUT2D eigenvalue weighted by Gasteiger charge is 2.31. The van der Waals surface area contributed by atoms with E-state index in [4.69, 9.17) is 11.6 Å². The molecular formula is C16H23Br2Cl. The zero-order valence-corrected chi connectivity index (χ0v) is 15.5. The Morgan fingerprint density at radius 3 is 2.21 bits per heavy atom. The molecule has 0 atom stereocenters. The molecular weight excluding hydrogens is 387 g/mol. The van der Waals surface area contributed by atoms with Gasteiger partial charge in [0.15, 0.2) is 0 Å². The summed E-state index contributed by atoms with van der Waals surface area (Å²) < 4.78 is 0. The lowest BCUT2D eigenvalue weighted by Crippen LogP contribution is -2.30. The highest BCUT2D eigenvalue weighted by molar-refractivity contribution is 9.09. The predicted molar refractivity (Wildman–Crippen MR) is 94.1 cm³/mol. The van der Waals surface area contributed by atoms with Crippen LogP contribution in [-0.2, 0) is 5.41 Å². The lowest BCUT2D eigenvalue weighted by molar-refractivity contribution is 0.463. The molecule has 0 saturated heterocycles. The molecule has 0 N–H and O–H groups in total. The molecule has 0 aliphatic carbocycles. The summed E-state index contributed by atoms with van der Waals surface area (Å²) in [6.07, 6.45) is 7.76. The van der Waals surface area contributed by atoms with Crippen molar-refractivity contribution in [3.63, 3.8) is 0 Å². The van der Waals surface area contributed by atoms with Crippen molar-refractivity contribution in [2.45, 2.75) is 50.9 Å². The molecule has 0 spiro atoms. The fourth-order valence-electron chi connectivity index (χ4n) is 2.41. The average molecular weight is 411 g/mol. The summed E-state index contributed by atoms with van der Waals surface area (Å²) in [7, 11) is 0. The third-order valence-electron chi connectivity index (χ3n) is 3.72. The average Bonchev–Trinajstić information content (AvgIpc) is 2.44. The molecule has 0 amide bonds. The summed E-state index contributed by atoms with van der Waals surface area (Å²) in [5.41, 5.74) is 1.38. The standard InChI is InChI=1S/C16H23Br2Cl/c1-2-3-4-5-8-11-16(12-17,13-18)14-9-6-7-10-15(14)19/h6-7,9-10H,2-5,8,11-13H2,1H3. The van der Waals surface area contributed by atoms with Gasteiger partial charge >= 0.3 is 0 Å². The minimum Gasteiger partial charge on any atom is -0.0918 e. The Balaban J connectivity index is 2.71. The Labute approximate surface area is 139 Å². The van der Waals surface area contributed by atoms with Crippen LogP contribution in [0.5, 0.6) is 0 Å². The van der Waals surface area contributed by atoms with Gasteiger partial charge in [0, 0.05) is 21.1 Å². The molecule has 3 heteroatoms. The molecule has 0 bridgehead atoms. The van der Waals surface area contributed by atoms with Crippen LogP contribution >= 0.6 is 43.5 Å². The monoisotopic (exact) mass is 408 g/mol. The molecule has 0 aliphatic heterocycles. The first kappa shape index (κ1) is 17.5. The second-order valence-corrected chi connectivity index (χ2v) is 6.72. The fraction of sp³-hybridized carbons (Fsp3) is 0.625. The molecule has 0 radical (unpaired) electrons. The predicted octanol–water partition coefficient (Wildman–Crippen LogP) is 6.73. The summed E-state index contributed by atoms with van der Waals surface area (Å²) in [6.45, 7) is 2.25. The quantitative estimate of drug-likeness (QED) is 0.313. The van der Waals surface area contributed by atoms with E-state index in [0.29, 0.717) is 0 Å². The van der Waals surface area contributed by atoms with E-state index >= 15 is 0 Å². The number of alkyl halides is 2. The van der Waals surface area contributed by atoms with Gasteiger partial charge in [-0.1, -0.05) is 101 Å². The SMILES string of the molecule is CCCCCCCC(CBr)(CBr)c1ccccc1Cl. The molecule has 0 unspecified atom stereocenters. The van der Waals surface area contributed by atoms with Gasteiger partial charge in [-0.3, -0.25) is 0 Å². The van der Waals surface area contributed by atoms with Crippen LogP contribution in [0.15, 0.2) is 24.3 Å². The normalized spacial score (nSPS) is 11.8. The summed E-state index contributed by atoms with van der Waals surface area (Å²) in [5.74, 6) is 0. The Morgan fingerprint density at radius 2 is 1.63 bits per heavy atom. The highest BCUT2D eigenvalue weighted by Crippen LogP contribution is 2.38. The van der Waals surface area contributed by atoms with Gasteiger partial charge in [-0.25, -0.2) is 0 Å². The van der Waals surface area contributed by atoms with E-state index in [-0.39, 0.29) is 5.41 Å². The fourth-order valence-corrected chi connectivity index (χ4v) is 4.84. The van der Waals surface area contributed by atoms with Gasteiger partial charge in [0.2, 0.25) is 0 Å². The van der Waals surface area contributed by atoms with E-state index in [1.54, 1.807) is 0 Å². The van der Waals surface area contributed by atoms with Crippen LogP contribution in [0.25, 0.3) is 0 Å². The summed E-state index contributed by atoms with van der Waals surface area (Å²) >= 11 is 13.8. The lowest BCUT2D eigenvalue weighted by Gasteiger charge is -2.31. The summed E-state index contributed by atoms with van der Waals surface area (Å²) in [6, 6.07) is 8.24. The van der Waals surface area contributed by atoms with Crippen molar-refractivity contribution in [2.24, 2.45) is 0 Å². The van der Waals surface area contributed by atoms with Crippen LogP contribution in [-0.4, -0.2) is 10.7 Å². The van der Waals surface area contributed by atoms with Gasteiger partial charge in [-0.15, -0.1) is 0 Å². The van der Waals surface area contributed by atoms with E-state index in [2.05, 4.69) is 50.9 Å². The van der Waals surface area contributed by atoms with Gasteiger partial charge in [0.25, 0.3) is 0 Å². The lowest BCUT2D eigenvalue weighted by atomic mass is 9.80. The minimum atomic E-state index is 0.116. The number of halogens is 3. The first-order chi connectivity index (χ1) is 9.20. The van der Waals surface area contributed by atoms with Crippen molar-refractivity contribution in [1.82, 2.24) is 0 Å². The van der Waals surface area contributed by atoms with Gasteiger partial charge in [0.05, 0.1) is 0 Å². The smallest absolute Gasteiger partial charge is 0.0444 e. The number of benzene rings is 1. The third-order valence-corrected chi connectivity index (χ3v) is 6.19. The molecule has 0 aliphatic rings. The van der Waals surface area contributed by atoms with Crippen molar-refractivity contribution >= 4 is 43.5 Å². The largest absolute Gasteiger partial charge is 0.0918 e. The van der Waals surface area contributed by atoms with Gasteiger partial charge in [0.1, 0.15) is 0 Å². The highest BCUT2D eigenvalue weighted by atomic mass is 79.9. The van der Waals surface area contributed by atoms with E-state index < -0.39 is 0 Å². The molecule has 1 aromatic rings. The van der Waals surface area contributed by atoms with E-state index in [1.165, 1.54) is 44.1 Å². The first-order valence-electron chi connectivity index (χ1n) is 7.07. The second-order valence-electron chi connectivity index (χ2n) is 5.19. The zero-order chi connectivity index (χ0) is 14.1. The van der Waals surface area contributed by atoms with E-state index in [9.17, 15) is 0 Å². The Kier molecular flexibility index (Phi) is 8.68. The van der Waals surface area contributed by atoms with Gasteiger partial charge < -0.3 is 0 Å². The maximum Gasteiger partial charge on any atom is 0.0444 e. The molecule has 19 heavy (non-hydrogen) atoms. The first-order valence-corrected chi connectivity index (χ1v) is 9.69. The maximum atomic E-state index is 6.39. The Morgan fingerprint density at radius 1 is 1.00 bits per heavy atom. The maximum absolute atomic E-state index is 6.39. The third kappa shape index (κ3) is 5.06. The molecule has 0 nitrogen and oxygen atoms in total. The minimum absolute atomic E-state index is 0.116. The molecule has 0 aromatic heterocycles. The van der Waals surface area contributed by atoms with E-state index in [0.717, 1.165) is 15.7 Å². The van der Waals surface area contributed by atoms with Gasteiger partial charge in [-0.2, -0.15) is 0 Å². The van der Waals surface area contributed by atoms with Crippen LogP contribution in [0.4, 0.5) is 0 Å². The van der Waals surface area contributed by atoms with Gasteiger partial charge in [-0.05, 0) is 18.1 Å². The molecule has 0 fully saturated rings. The number of hydrogen-bond acceptors (Lipinski definition) is 0. The van der Waals surface area contributed by atoms with E-state index in [1.807, 2.05) is 12.1 Å². The Bertz CT molecular complexity index is 362. The number of hydrogen-bond donors (Lipinski definition) is 0. The number of unbranched alkanes of at least 4 members (excludes halogenated alkanes) is 4. The van der Waals surface area contributed by atoms with Crippen molar-refractivity contribution in [1.29, 1.82) is 0 Å². The molecule has 0 heterocycles. The summed E-state index contributed by atoms with van der Waals surface area (Å²) in [5, 5.41) is 2.78. The van der Waals surface area contributed by atoms with Crippen molar-refractivity contribution in [3.05, 3.63) is 34.9 Å². The van der Waals surface area contributed by atoms with Crippen molar-refractivity contribution < 1.29 is 0 Å². The van der Waals surface area contributed by atoms with Crippen LogP contribution < -0.4 is 0 Å². The van der Waals surface area contributed by atoms with Crippen LogP contribution in [0.2, 0.25) is 5.02 Å².